The lowest BCUT2D eigenvalue weighted by Crippen LogP contribution is -2.24. The quantitative estimate of drug-likeness (QED) is 0.516. The Balaban J connectivity index is 1.98. The van der Waals surface area contributed by atoms with Gasteiger partial charge in [-0.1, -0.05) is 30.3 Å². The highest BCUT2D eigenvalue weighted by Gasteiger charge is 2.23. The molecule has 2 aromatic carbocycles. The predicted molar refractivity (Wildman–Crippen MR) is 98.4 cm³/mol. The normalized spacial score (nSPS) is 17.0. The van der Waals surface area contributed by atoms with Gasteiger partial charge in [0.1, 0.15) is 0 Å². The van der Waals surface area contributed by atoms with Crippen LogP contribution in [0, 0.1) is 13.8 Å². The highest BCUT2D eigenvalue weighted by molar-refractivity contribution is 6.00. The number of rotatable bonds is 0. The molecule has 0 saturated carbocycles. The molecule has 24 heavy (non-hydrogen) atoms. The van der Waals surface area contributed by atoms with E-state index in [1.54, 1.807) is 0 Å². The molecule has 120 valence electrons. The molecule has 2 aromatic heterocycles. The second-order valence-corrected chi connectivity index (χ2v) is 6.97. The molecule has 1 unspecified atom stereocenters. The lowest BCUT2D eigenvalue weighted by molar-refractivity contribution is 0.137. The van der Waals surface area contributed by atoms with Crippen molar-refractivity contribution in [2.75, 3.05) is 0 Å². The lowest BCUT2D eigenvalue weighted by atomic mass is 10.0. The zero-order valence-corrected chi connectivity index (χ0v) is 14.0. The minimum atomic E-state index is -0.400. The van der Waals surface area contributed by atoms with E-state index in [1.165, 1.54) is 44.2 Å². The van der Waals surface area contributed by atoms with E-state index in [1.807, 2.05) is 0 Å². The summed E-state index contributed by atoms with van der Waals surface area (Å²) < 4.78 is 4.51. The van der Waals surface area contributed by atoms with Crippen LogP contribution in [-0.4, -0.2) is 20.3 Å². The van der Waals surface area contributed by atoms with Crippen LogP contribution in [0.3, 0.4) is 0 Å². The summed E-state index contributed by atoms with van der Waals surface area (Å²) >= 11 is 0. The monoisotopic (exact) mass is 316 g/mol. The summed E-state index contributed by atoms with van der Waals surface area (Å²) in [6.07, 6.45) is 1.69. The number of aliphatic hydroxyl groups is 1. The van der Waals surface area contributed by atoms with Gasteiger partial charge in [0.2, 0.25) is 0 Å². The molecule has 0 radical (unpaired) electrons. The molecular weight excluding hydrogens is 296 g/mol. The summed E-state index contributed by atoms with van der Waals surface area (Å²) in [5, 5.41) is 13.2. The van der Waals surface area contributed by atoms with E-state index >= 15 is 0 Å². The summed E-state index contributed by atoms with van der Waals surface area (Å²) in [4.78, 5) is 0. The van der Waals surface area contributed by atoms with Crippen molar-refractivity contribution in [1.29, 1.82) is 0 Å². The van der Waals surface area contributed by atoms with E-state index in [2.05, 4.69) is 71.6 Å². The van der Waals surface area contributed by atoms with Crippen molar-refractivity contribution in [3.05, 3.63) is 59.8 Å². The van der Waals surface area contributed by atoms with Gasteiger partial charge in [-0.15, -0.1) is 0 Å². The topological polar surface area (TPSA) is 30.1 Å². The maximum atomic E-state index is 10.7. The Morgan fingerprint density at radius 1 is 1.04 bits per heavy atom. The number of fused-ring (bicyclic) bond motifs is 4. The van der Waals surface area contributed by atoms with Crippen molar-refractivity contribution in [2.45, 2.75) is 33.0 Å². The highest BCUT2D eigenvalue weighted by atomic mass is 16.3. The molecule has 3 heteroatoms. The van der Waals surface area contributed by atoms with Crippen LogP contribution in [0.25, 0.3) is 33.1 Å². The number of aromatic nitrogens is 2. The first-order chi connectivity index (χ1) is 11.6. The molecule has 1 aliphatic rings. The third-order valence-electron chi connectivity index (χ3n) is 5.32. The van der Waals surface area contributed by atoms with Gasteiger partial charge in [-0.2, -0.15) is 0 Å². The van der Waals surface area contributed by atoms with Crippen LogP contribution in [0.15, 0.2) is 48.7 Å². The zero-order valence-electron chi connectivity index (χ0n) is 14.0. The van der Waals surface area contributed by atoms with E-state index < -0.39 is 6.10 Å². The van der Waals surface area contributed by atoms with Crippen molar-refractivity contribution in [1.82, 2.24) is 9.13 Å². The van der Waals surface area contributed by atoms with Crippen molar-refractivity contribution in [3.63, 3.8) is 0 Å². The number of aryl methyl sites for hydroxylation is 2. The van der Waals surface area contributed by atoms with Crippen LogP contribution in [-0.2, 0) is 13.1 Å². The number of aliphatic hydroxyl groups excluding tert-OH is 1. The van der Waals surface area contributed by atoms with E-state index in [0.29, 0.717) is 13.1 Å². The Hall–Kier alpha value is -2.52. The third-order valence-corrected chi connectivity index (χ3v) is 5.32. The van der Waals surface area contributed by atoms with E-state index in [9.17, 15) is 5.11 Å². The van der Waals surface area contributed by atoms with Crippen molar-refractivity contribution in [2.24, 2.45) is 0 Å². The van der Waals surface area contributed by atoms with Crippen LogP contribution in [0.1, 0.15) is 11.1 Å². The van der Waals surface area contributed by atoms with Gasteiger partial charge in [0.05, 0.1) is 30.4 Å². The van der Waals surface area contributed by atoms with Gasteiger partial charge < -0.3 is 14.2 Å². The number of benzene rings is 2. The third kappa shape index (κ3) is 1.76. The van der Waals surface area contributed by atoms with Crippen LogP contribution >= 0.6 is 0 Å². The van der Waals surface area contributed by atoms with Gasteiger partial charge in [0, 0.05) is 28.0 Å². The molecule has 0 spiro atoms. The molecular formula is C21H20N2O. The van der Waals surface area contributed by atoms with Gasteiger partial charge in [-0.05, 0) is 37.1 Å². The summed E-state index contributed by atoms with van der Waals surface area (Å²) in [6.45, 7) is 5.57. The number of hydrogen-bond donors (Lipinski definition) is 1. The molecule has 0 fully saturated rings. The van der Waals surface area contributed by atoms with E-state index in [0.717, 1.165) is 0 Å². The largest absolute Gasteiger partial charge is 0.389 e. The molecule has 1 atom stereocenters. The average molecular weight is 316 g/mol. The molecule has 4 aromatic rings. The molecule has 1 N–H and O–H groups in total. The minimum absolute atomic E-state index is 0.400. The summed E-state index contributed by atoms with van der Waals surface area (Å²) in [7, 11) is 0. The maximum Gasteiger partial charge on any atom is 0.0897 e. The first kappa shape index (κ1) is 13.9. The zero-order chi connectivity index (χ0) is 16.4. The Morgan fingerprint density at radius 2 is 1.92 bits per heavy atom. The number of nitrogens with zero attached hydrogens (tertiary/aromatic N) is 2. The SMILES string of the molecule is Cc1ccc2c(C)c3n(c2c1)CC(O)Cn1ccc2cccc-3c21. The number of para-hydroxylation sites is 1. The molecule has 5 rings (SSSR count). The second kappa shape index (κ2) is 4.74. The molecule has 0 bridgehead atoms. The van der Waals surface area contributed by atoms with Crippen LogP contribution < -0.4 is 0 Å². The smallest absolute Gasteiger partial charge is 0.0897 e. The van der Waals surface area contributed by atoms with Crippen LogP contribution in [0.2, 0.25) is 0 Å². The van der Waals surface area contributed by atoms with E-state index in [-0.39, 0.29) is 0 Å². The van der Waals surface area contributed by atoms with Gasteiger partial charge in [-0.3, -0.25) is 0 Å². The first-order valence-electron chi connectivity index (χ1n) is 8.49. The van der Waals surface area contributed by atoms with Crippen molar-refractivity contribution in [3.8, 4) is 11.3 Å². The van der Waals surface area contributed by atoms with Gasteiger partial charge in [0.25, 0.3) is 0 Å². The number of hydrogen-bond acceptors (Lipinski definition) is 1. The van der Waals surface area contributed by atoms with E-state index in [4.69, 9.17) is 0 Å². The minimum Gasteiger partial charge on any atom is -0.389 e. The highest BCUT2D eigenvalue weighted by Crippen LogP contribution is 2.39. The molecule has 0 amide bonds. The molecule has 0 aliphatic carbocycles. The predicted octanol–water partition coefficient (Wildman–Crippen LogP) is 4.25. The van der Waals surface area contributed by atoms with Gasteiger partial charge >= 0.3 is 0 Å². The van der Waals surface area contributed by atoms with Crippen LogP contribution in [0.4, 0.5) is 0 Å². The fraction of sp³-hybridized carbons (Fsp3) is 0.238. The average Bonchev–Trinajstić information content (AvgIpc) is 3.06. The van der Waals surface area contributed by atoms with Gasteiger partial charge in [-0.25, -0.2) is 0 Å². The molecule has 0 saturated heterocycles. The molecule has 3 heterocycles. The molecule has 1 aliphatic heterocycles. The summed E-state index contributed by atoms with van der Waals surface area (Å²) in [5.74, 6) is 0. The Morgan fingerprint density at radius 3 is 2.79 bits per heavy atom. The Bertz CT molecular complexity index is 1100. The Kier molecular flexibility index (Phi) is 2.74. The first-order valence-corrected chi connectivity index (χ1v) is 8.49. The standard InChI is InChI=1S/C21H20N2O/c1-13-6-7-17-14(2)20-18-5-3-4-15-8-9-22(21(15)18)11-16(24)12-23(20)19(17)10-13/h3-10,16,24H,11-12H2,1-2H3. The van der Waals surface area contributed by atoms with Crippen LogP contribution in [0.5, 0.6) is 0 Å². The summed E-state index contributed by atoms with van der Waals surface area (Å²) in [5.41, 5.74) is 7.48. The lowest BCUT2D eigenvalue weighted by Gasteiger charge is -2.22. The van der Waals surface area contributed by atoms with Crippen molar-refractivity contribution < 1.29 is 5.11 Å². The second-order valence-electron chi connectivity index (χ2n) is 6.97. The fourth-order valence-corrected chi connectivity index (χ4v) is 4.27. The summed E-state index contributed by atoms with van der Waals surface area (Å²) in [6, 6.07) is 15.2. The maximum absolute atomic E-state index is 10.7. The fourth-order valence-electron chi connectivity index (χ4n) is 4.27. The Labute approximate surface area is 140 Å². The van der Waals surface area contributed by atoms with Crippen molar-refractivity contribution >= 4 is 21.8 Å². The van der Waals surface area contributed by atoms with Gasteiger partial charge in [0.15, 0.2) is 0 Å². The molecule has 3 nitrogen and oxygen atoms in total.